The molecule has 0 unspecified atom stereocenters. The van der Waals surface area contributed by atoms with E-state index in [-0.39, 0.29) is 0 Å². The van der Waals surface area contributed by atoms with E-state index in [1.165, 1.54) is 0 Å². The van der Waals surface area contributed by atoms with Crippen LogP contribution in [0.2, 0.25) is 0 Å². The quantitative estimate of drug-likeness (QED) is 0.726. The minimum absolute atomic E-state index is 0.417. The summed E-state index contributed by atoms with van der Waals surface area (Å²) in [4.78, 5) is 4.16. The molecule has 0 saturated heterocycles. The number of nitrogens with two attached hydrogens (primary N) is 1. The molecule has 3 heteroatoms. The van der Waals surface area contributed by atoms with Crippen molar-refractivity contribution in [3.05, 3.63) is 30.5 Å². The molecule has 1 aromatic rings. The zero-order valence-electron chi connectivity index (χ0n) is 7.08. The Morgan fingerprint density at radius 2 is 2.42 bits per heavy atom. The fraction of sp³-hybridized carbons (Fsp3) is 0.222. The molecule has 64 valence electrons. The molecule has 1 heterocycles. The van der Waals surface area contributed by atoms with Gasteiger partial charge in [-0.2, -0.15) is 0 Å². The Balaban J connectivity index is 2.93. The van der Waals surface area contributed by atoms with E-state index in [4.69, 9.17) is 10.5 Å². The third-order valence-corrected chi connectivity index (χ3v) is 1.54. The maximum absolute atomic E-state index is 5.42. The Hall–Kier alpha value is -1.35. The summed E-state index contributed by atoms with van der Waals surface area (Å²) in [7, 11) is 1.58. The summed E-state index contributed by atoms with van der Waals surface area (Å²) in [6.07, 6.45) is 0. The summed E-state index contributed by atoms with van der Waals surface area (Å²) in [6.45, 7) is 4.19. The van der Waals surface area contributed by atoms with Crippen molar-refractivity contribution in [3.63, 3.8) is 0 Å². The van der Waals surface area contributed by atoms with Gasteiger partial charge < -0.3 is 10.5 Å². The van der Waals surface area contributed by atoms with Gasteiger partial charge in [0.2, 0.25) is 5.88 Å². The van der Waals surface area contributed by atoms with Crippen molar-refractivity contribution in [2.45, 2.75) is 0 Å². The van der Waals surface area contributed by atoms with Crippen LogP contribution >= 0.6 is 0 Å². The molecule has 0 aliphatic carbocycles. The van der Waals surface area contributed by atoms with Crippen molar-refractivity contribution in [2.75, 3.05) is 13.7 Å². The van der Waals surface area contributed by atoms with E-state index >= 15 is 0 Å². The molecule has 0 spiro atoms. The van der Waals surface area contributed by atoms with Gasteiger partial charge >= 0.3 is 0 Å². The van der Waals surface area contributed by atoms with Gasteiger partial charge in [0.15, 0.2) is 0 Å². The molecule has 0 saturated carbocycles. The highest BCUT2D eigenvalue weighted by Gasteiger charge is 1.99. The molecule has 0 amide bonds. The Labute approximate surface area is 71.9 Å². The molecular weight excluding hydrogens is 152 g/mol. The first-order valence-corrected chi connectivity index (χ1v) is 3.67. The molecule has 1 rings (SSSR count). The number of pyridine rings is 1. The van der Waals surface area contributed by atoms with Crippen molar-refractivity contribution >= 4 is 5.57 Å². The summed E-state index contributed by atoms with van der Waals surface area (Å²) in [5.41, 5.74) is 7.02. The van der Waals surface area contributed by atoms with Crippen molar-refractivity contribution in [2.24, 2.45) is 5.73 Å². The maximum Gasteiger partial charge on any atom is 0.213 e. The molecule has 0 aromatic carbocycles. The van der Waals surface area contributed by atoms with Crippen molar-refractivity contribution in [1.82, 2.24) is 4.98 Å². The third-order valence-electron chi connectivity index (χ3n) is 1.54. The van der Waals surface area contributed by atoms with Gasteiger partial charge in [-0.3, -0.25) is 0 Å². The fourth-order valence-corrected chi connectivity index (χ4v) is 0.830. The van der Waals surface area contributed by atoms with E-state index in [1.807, 2.05) is 12.1 Å². The number of rotatable bonds is 3. The van der Waals surface area contributed by atoms with Crippen molar-refractivity contribution < 1.29 is 4.74 Å². The maximum atomic E-state index is 5.42. The monoisotopic (exact) mass is 164 g/mol. The highest BCUT2D eigenvalue weighted by molar-refractivity contribution is 5.61. The third kappa shape index (κ3) is 1.83. The summed E-state index contributed by atoms with van der Waals surface area (Å²) in [5, 5.41) is 0. The lowest BCUT2D eigenvalue weighted by atomic mass is 10.2. The Morgan fingerprint density at radius 1 is 1.67 bits per heavy atom. The molecule has 1 aromatic heterocycles. The SMILES string of the molecule is C=C(CN)c1cccc(OC)n1. The van der Waals surface area contributed by atoms with Crippen LogP contribution in [0.15, 0.2) is 24.8 Å². The van der Waals surface area contributed by atoms with E-state index in [0.717, 1.165) is 11.3 Å². The van der Waals surface area contributed by atoms with Crippen molar-refractivity contribution in [1.29, 1.82) is 0 Å². The van der Waals surface area contributed by atoms with Crippen LogP contribution in [0.25, 0.3) is 5.57 Å². The lowest BCUT2D eigenvalue weighted by Gasteiger charge is -2.03. The van der Waals surface area contributed by atoms with E-state index in [1.54, 1.807) is 13.2 Å². The van der Waals surface area contributed by atoms with E-state index in [0.29, 0.717) is 12.4 Å². The Kier molecular flexibility index (Phi) is 2.82. The first kappa shape index (κ1) is 8.74. The average Bonchev–Trinajstić information content (AvgIpc) is 2.17. The number of hydrogen-bond acceptors (Lipinski definition) is 3. The zero-order valence-corrected chi connectivity index (χ0v) is 7.08. The first-order chi connectivity index (χ1) is 5.77. The van der Waals surface area contributed by atoms with Crippen molar-refractivity contribution in [3.8, 4) is 5.88 Å². The van der Waals surface area contributed by atoms with Gasteiger partial charge in [-0.1, -0.05) is 12.6 Å². The number of nitrogens with zero attached hydrogens (tertiary/aromatic N) is 1. The summed E-state index contributed by atoms with van der Waals surface area (Å²) < 4.78 is 4.96. The molecule has 2 N–H and O–H groups in total. The molecular formula is C9H12N2O. The van der Waals surface area contributed by atoms with Crippen LogP contribution in [-0.4, -0.2) is 18.6 Å². The molecule has 0 bridgehead atoms. The standard InChI is InChI=1S/C9H12N2O/c1-7(6-10)8-4-3-5-9(11-8)12-2/h3-5H,1,6,10H2,2H3. The number of ether oxygens (including phenoxy) is 1. The topological polar surface area (TPSA) is 48.1 Å². The Morgan fingerprint density at radius 3 is 3.00 bits per heavy atom. The van der Waals surface area contributed by atoms with Gasteiger partial charge in [0.25, 0.3) is 0 Å². The second kappa shape index (κ2) is 3.88. The first-order valence-electron chi connectivity index (χ1n) is 3.67. The lowest BCUT2D eigenvalue weighted by molar-refractivity contribution is 0.397. The van der Waals surface area contributed by atoms with Gasteiger partial charge in [-0.05, 0) is 11.6 Å². The highest BCUT2D eigenvalue weighted by atomic mass is 16.5. The molecule has 0 aliphatic heterocycles. The second-order valence-electron chi connectivity index (χ2n) is 2.37. The van der Waals surface area contributed by atoms with Crippen LogP contribution in [-0.2, 0) is 0 Å². The molecule has 0 aliphatic rings. The minimum atomic E-state index is 0.417. The van der Waals surface area contributed by atoms with Crippen LogP contribution in [0.5, 0.6) is 5.88 Å². The van der Waals surface area contributed by atoms with E-state index in [9.17, 15) is 0 Å². The van der Waals surface area contributed by atoms with Gasteiger partial charge in [0.1, 0.15) is 0 Å². The largest absolute Gasteiger partial charge is 0.481 e. The highest BCUT2D eigenvalue weighted by Crippen LogP contribution is 2.12. The second-order valence-corrected chi connectivity index (χ2v) is 2.37. The number of aromatic nitrogens is 1. The summed E-state index contributed by atoms with van der Waals surface area (Å²) in [5.74, 6) is 0.585. The molecule has 0 fully saturated rings. The van der Waals surface area contributed by atoms with Crippen LogP contribution in [0, 0.1) is 0 Å². The van der Waals surface area contributed by atoms with Crippen LogP contribution in [0.3, 0.4) is 0 Å². The average molecular weight is 164 g/mol. The number of hydrogen-bond donors (Lipinski definition) is 1. The summed E-state index contributed by atoms with van der Waals surface area (Å²) in [6, 6.07) is 5.51. The summed E-state index contributed by atoms with van der Waals surface area (Å²) >= 11 is 0. The smallest absolute Gasteiger partial charge is 0.213 e. The lowest BCUT2D eigenvalue weighted by Crippen LogP contribution is -2.02. The Bertz CT molecular complexity index is 284. The molecule has 12 heavy (non-hydrogen) atoms. The van der Waals surface area contributed by atoms with E-state index < -0.39 is 0 Å². The van der Waals surface area contributed by atoms with Crippen LogP contribution in [0.4, 0.5) is 0 Å². The van der Waals surface area contributed by atoms with Gasteiger partial charge in [0.05, 0.1) is 12.8 Å². The van der Waals surface area contributed by atoms with Crippen LogP contribution in [0.1, 0.15) is 5.69 Å². The van der Waals surface area contributed by atoms with E-state index in [2.05, 4.69) is 11.6 Å². The zero-order chi connectivity index (χ0) is 8.97. The molecule has 0 radical (unpaired) electrons. The normalized spacial score (nSPS) is 9.50. The van der Waals surface area contributed by atoms with Crippen LogP contribution < -0.4 is 10.5 Å². The van der Waals surface area contributed by atoms with Gasteiger partial charge in [-0.15, -0.1) is 0 Å². The van der Waals surface area contributed by atoms with Gasteiger partial charge in [0, 0.05) is 12.6 Å². The molecule has 3 nitrogen and oxygen atoms in total. The predicted octanol–water partition coefficient (Wildman–Crippen LogP) is 1.06. The fourth-order valence-electron chi connectivity index (χ4n) is 0.830. The predicted molar refractivity (Wildman–Crippen MR) is 48.9 cm³/mol. The molecule has 0 atom stereocenters. The number of methoxy groups -OCH3 is 1. The minimum Gasteiger partial charge on any atom is -0.481 e. The van der Waals surface area contributed by atoms with Gasteiger partial charge in [-0.25, -0.2) is 4.98 Å².